The van der Waals surface area contributed by atoms with Crippen molar-refractivity contribution >= 4 is 11.8 Å². The largest absolute Gasteiger partial charge is 0.354 e. The van der Waals surface area contributed by atoms with Crippen LogP contribution in [0, 0.1) is 12.8 Å². The Kier molecular flexibility index (Phi) is 4.63. The monoisotopic (exact) mass is 368 g/mol. The standard InChI is InChI=1S/C19H24N6O2/c1-14-11-21-16(13-20-14)17(26)24-9-5-19(6-10-24,25-8-2-7-23-25)18(27)22-12-15-3-4-15/h2,7-8,11,13,15H,3-6,9-10,12H2,1H3,(H,22,27). The van der Waals surface area contributed by atoms with Crippen LogP contribution in [-0.2, 0) is 10.3 Å². The molecule has 0 atom stereocenters. The van der Waals surface area contributed by atoms with Gasteiger partial charge in [0.1, 0.15) is 11.2 Å². The first-order chi connectivity index (χ1) is 13.1. The predicted molar refractivity (Wildman–Crippen MR) is 97.8 cm³/mol. The van der Waals surface area contributed by atoms with Crippen molar-refractivity contribution in [2.24, 2.45) is 5.92 Å². The summed E-state index contributed by atoms with van der Waals surface area (Å²) in [6, 6.07) is 1.83. The van der Waals surface area contributed by atoms with Crippen LogP contribution in [0.15, 0.2) is 30.9 Å². The van der Waals surface area contributed by atoms with E-state index in [-0.39, 0.29) is 11.8 Å². The van der Waals surface area contributed by atoms with Crippen molar-refractivity contribution in [2.75, 3.05) is 19.6 Å². The van der Waals surface area contributed by atoms with E-state index in [4.69, 9.17) is 0 Å². The molecule has 1 saturated carbocycles. The van der Waals surface area contributed by atoms with Crippen molar-refractivity contribution in [3.63, 3.8) is 0 Å². The lowest BCUT2D eigenvalue weighted by Crippen LogP contribution is -2.56. The Morgan fingerprint density at radius 3 is 2.59 bits per heavy atom. The van der Waals surface area contributed by atoms with Crippen molar-refractivity contribution in [3.05, 3.63) is 42.2 Å². The third-order valence-corrected chi connectivity index (χ3v) is 5.49. The van der Waals surface area contributed by atoms with Gasteiger partial charge in [0.2, 0.25) is 5.91 Å². The van der Waals surface area contributed by atoms with Gasteiger partial charge in [-0.3, -0.25) is 19.3 Å². The molecule has 0 aromatic carbocycles. The zero-order chi connectivity index (χ0) is 18.9. The van der Waals surface area contributed by atoms with Crippen LogP contribution >= 0.6 is 0 Å². The first kappa shape index (κ1) is 17.6. The number of rotatable bonds is 5. The van der Waals surface area contributed by atoms with Crippen molar-refractivity contribution < 1.29 is 9.59 Å². The van der Waals surface area contributed by atoms with Crippen molar-refractivity contribution in [1.82, 2.24) is 30.0 Å². The molecule has 2 aliphatic rings. The zero-order valence-corrected chi connectivity index (χ0v) is 15.5. The first-order valence-electron chi connectivity index (χ1n) is 9.45. The molecule has 27 heavy (non-hydrogen) atoms. The summed E-state index contributed by atoms with van der Waals surface area (Å²) in [4.78, 5) is 35.8. The molecule has 0 unspecified atom stereocenters. The van der Waals surface area contributed by atoms with Gasteiger partial charge in [-0.1, -0.05) is 0 Å². The Labute approximate surface area is 158 Å². The van der Waals surface area contributed by atoms with Crippen molar-refractivity contribution in [1.29, 1.82) is 0 Å². The molecule has 2 aromatic rings. The Bertz CT molecular complexity index is 805. The maximum atomic E-state index is 13.0. The lowest BCUT2D eigenvalue weighted by molar-refractivity contribution is -0.133. The maximum Gasteiger partial charge on any atom is 0.274 e. The fourth-order valence-corrected chi connectivity index (χ4v) is 3.55. The van der Waals surface area contributed by atoms with Gasteiger partial charge in [0.15, 0.2) is 0 Å². The molecule has 1 N–H and O–H groups in total. The molecule has 0 spiro atoms. The summed E-state index contributed by atoms with van der Waals surface area (Å²) in [5, 5.41) is 7.44. The Morgan fingerprint density at radius 2 is 2.00 bits per heavy atom. The minimum atomic E-state index is -0.742. The summed E-state index contributed by atoms with van der Waals surface area (Å²) in [5.74, 6) is 0.473. The van der Waals surface area contributed by atoms with E-state index < -0.39 is 5.54 Å². The van der Waals surface area contributed by atoms with E-state index in [0.29, 0.717) is 37.5 Å². The molecule has 142 valence electrons. The number of hydrogen-bond acceptors (Lipinski definition) is 5. The molecule has 2 amide bonds. The van der Waals surface area contributed by atoms with Gasteiger partial charge in [-0.2, -0.15) is 5.10 Å². The molecule has 1 aliphatic carbocycles. The van der Waals surface area contributed by atoms with Crippen LogP contribution in [0.4, 0.5) is 0 Å². The predicted octanol–water partition coefficient (Wildman–Crippen LogP) is 1.14. The average molecular weight is 368 g/mol. The fraction of sp³-hybridized carbons (Fsp3) is 0.526. The molecular formula is C19H24N6O2. The van der Waals surface area contributed by atoms with Crippen LogP contribution in [-0.4, -0.2) is 56.1 Å². The van der Waals surface area contributed by atoms with Gasteiger partial charge in [-0.15, -0.1) is 0 Å². The van der Waals surface area contributed by atoms with Gasteiger partial charge in [0, 0.05) is 38.2 Å². The van der Waals surface area contributed by atoms with Crippen molar-refractivity contribution in [3.8, 4) is 0 Å². The third-order valence-electron chi connectivity index (χ3n) is 5.49. The third kappa shape index (κ3) is 3.56. The first-order valence-corrected chi connectivity index (χ1v) is 9.45. The van der Waals surface area contributed by atoms with Crippen LogP contribution in [0.5, 0.6) is 0 Å². The van der Waals surface area contributed by atoms with E-state index in [0.717, 1.165) is 12.2 Å². The molecule has 8 heteroatoms. The molecule has 0 bridgehead atoms. The normalized spacial score (nSPS) is 18.9. The molecule has 4 rings (SSSR count). The summed E-state index contributed by atoms with van der Waals surface area (Å²) in [6.07, 6.45) is 10.1. The van der Waals surface area contributed by atoms with E-state index in [1.54, 1.807) is 22.0 Å². The number of carbonyl (C=O) groups is 2. The SMILES string of the molecule is Cc1cnc(C(=O)N2CCC(C(=O)NCC3CC3)(n3cccn3)CC2)cn1. The number of nitrogens with one attached hydrogen (secondary N) is 1. The Morgan fingerprint density at radius 1 is 1.22 bits per heavy atom. The van der Waals surface area contributed by atoms with E-state index in [2.05, 4.69) is 20.4 Å². The lowest BCUT2D eigenvalue weighted by Gasteiger charge is -2.40. The number of carbonyl (C=O) groups excluding carboxylic acids is 2. The van der Waals surface area contributed by atoms with E-state index in [9.17, 15) is 9.59 Å². The van der Waals surface area contributed by atoms with Crippen LogP contribution in [0.1, 0.15) is 41.9 Å². The molecule has 2 fully saturated rings. The summed E-state index contributed by atoms with van der Waals surface area (Å²) in [7, 11) is 0. The van der Waals surface area contributed by atoms with Crippen LogP contribution in [0.2, 0.25) is 0 Å². The fourth-order valence-electron chi connectivity index (χ4n) is 3.55. The highest BCUT2D eigenvalue weighted by molar-refractivity contribution is 5.92. The number of nitrogens with zero attached hydrogens (tertiary/aromatic N) is 5. The van der Waals surface area contributed by atoms with Crippen LogP contribution in [0.25, 0.3) is 0 Å². The highest BCUT2D eigenvalue weighted by Gasteiger charge is 2.45. The Balaban J connectivity index is 1.48. The number of hydrogen-bond donors (Lipinski definition) is 1. The summed E-state index contributed by atoms with van der Waals surface area (Å²) < 4.78 is 1.75. The minimum Gasteiger partial charge on any atom is -0.354 e. The molecule has 0 radical (unpaired) electrons. The van der Waals surface area contributed by atoms with Gasteiger partial charge in [0.25, 0.3) is 5.91 Å². The van der Waals surface area contributed by atoms with Gasteiger partial charge in [-0.25, -0.2) is 4.98 Å². The van der Waals surface area contributed by atoms with Crippen LogP contribution < -0.4 is 5.32 Å². The molecule has 8 nitrogen and oxygen atoms in total. The van der Waals surface area contributed by atoms with Crippen LogP contribution in [0.3, 0.4) is 0 Å². The van der Waals surface area contributed by atoms with Gasteiger partial charge in [-0.05, 0) is 44.6 Å². The second kappa shape index (κ2) is 7.09. The molecule has 1 aliphatic heterocycles. The second-order valence-electron chi connectivity index (χ2n) is 7.47. The second-order valence-corrected chi connectivity index (χ2v) is 7.47. The lowest BCUT2D eigenvalue weighted by atomic mass is 9.86. The van der Waals surface area contributed by atoms with Gasteiger partial charge >= 0.3 is 0 Å². The molecule has 2 aromatic heterocycles. The van der Waals surface area contributed by atoms with E-state index >= 15 is 0 Å². The molecule has 1 saturated heterocycles. The van der Waals surface area contributed by atoms with E-state index in [1.807, 2.05) is 19.2 Å². The summed E-state index contributed by atoms with van der Waals surface area (Å²) in [6.45, 7) is 3.51. The zero-order valence-electron chi connectivity index (χ0n) is 15.5. The highest BCUT2D eigenvalue weighted by Crippen LogP contribution is 2.32. The molecule has 3 heterocycles. The van der Waals surface area contributed by atoms with E-state index in [1.165, 1.54) is 19.0 Å². The smallest absolute Gasteiger partial charge is 0.274 e. The maximum absolute atomic E-state index is 13.0. The van der Waals surface area contributed by atoms with Crippen molar-refractivity contribution in [2.45, 2.75) is 38.1 Å². The Hall–Kier alpha value is -2.77. The van der Waals surface area contributed by atoms with Gasteiger partial charge in [0.05, 0.1) is 11.9 Å². The topological polar surface area (TPSA) is 93.0 Å². The van der Waals surface area contributed by atoms with Gasteiger partial charge < -0.3 is 10.2 Å². The number of amides is 2. The summed E-state index contributed by atoms with van der Waals surface area (Å²) in [5.41, 5.74) is 0.370. The number of piperidine rings is 1. The molecular weight excluding hydrogens is 344 g/mol. The quantitative estimate of drug-likeness (QED) is 0.854. The highest BCUT2D eigenvalue weighted by atomic mass is 16.2. The number of likely N-dealkylation sites (tertiary alicyclic amines) is 1. The number of aromatic nitrogens is 4. The average Bonchev–Trinajstić information content (AvgIpc) is 3.36. The number of aryl methyl sites for hydroxylation is 1. The summed E-state index contributed by atoms with van der Waals surface area (Å²) >= 11 is 0. The minimum absolute atomic E-state index is 0.000302.